The molecule has 0 fully saturated rings. The van der Waals surface area contributed by atoms with E-state index in [9.17, 15) is 8.78 Å². The normalized spacial score (nSPS) is 11.1. The van der Waals surface area contributed by atoms with Gasteiger partial charge in [-0.3, -0.25) is 9.97 Å². The Bertz CT molecular complexity index is 543. The van der Waals surface area contributed by atoms with Crippen LogP contribution in [0.5, 0.6) is 5.75 Å². The van der Waals surface area contributed by atoms with Gasteiger partial charge in [0.2, 0.25) is 0 Å². The van der Waals surface area contributed by atoms with Crippen molar-refractivity contribution in [2.24, 2.45) is 0 Å². The van der Waals surface area contributed by atoms with Gasteiger partial charge in [0.15, 0.2) is 0 Å². The van der Waals surface area contributed by atoms with Crippen LogP contribution in [-0.4, -0.2) is 23.0 Å². The molecule has 0 spiro atoms. The molecule has 2 heterocycles. The summed E-state index contributed by atoms with van der Waals surface area (Å²) in [5.41, 5.74) is 2.53. The molecule has 0 aliphatic rings. The summed E-state index contributed by atoms with van der Waals surface area (Å²) < 4.78 is 29.0. The fourth-order valence-corrected chi connectivity index (χ4v) is 1.60. The second-order valence-corrected chi connectivity index (χ2v) is 3.80. The zero-order valence-electron chi connectivity index (χ0n) is 9.58. The summed E-state index contributed by atoms with van der Waals surface area (Å²) in [5.74, 6) is 0.353. The Morgan fingerprint density at radius 3 is 2.71 bits per heavy atom. The van der Waals surface area contributed by atoms with Crippen molar-refractivity contribution in [1.29, 1.82) is 0 Å². The molecule has 90 valence electrons. The van der Waals surface area contributed by atoms with E-state index in [1.807, 2.05) is 13.8 Å². The maximum Gasteiger partial charge on any atom is 0.272 e. The minimum absolute atomic E-state index is 0.353. The SMILES string of the molecule is Cc1cnc(C)c2ncc(OCC(F)F)cc12. The molecule has 5 heteroatoms. The molecule has 3 nitrogen and oxygen atoms in total. The molecule has 2 rings (SSSR count). The molecular formula is C12H12F2N2O. The number of hydrogen-bond donors (Lipinski definition) is 0. The zero-order chi connectivity index (χ0) is 12.4. The first-order chi connectivity index (χ1) is 8.08. The molecule has 0 aliphatic carbocycles. The molecule has 2 aromatic rings. The lowest BCUT2D eigenvalue weighted by Crippen LogP contribution is -2.07. The van der Waals surface area contributed by atoms with E-state index in [1.165, 1.54) is 6.20 Å². The van der Waals surface area contributed by atoms with Crippen LogP contribution in [0.15, 0.2) is 18.5 Å². The Kier molecular flexibility index (Phi) is 3.17. The third-order valence-electron chi connectivity index (χ3n) is 2.46. The van der Waals surface area contributed by atoms with Crippen LogP contribution < -0.4 is 4.74 Å². The van der Waals surface area contributed by atoms with Gasteiger partial charge < -0.3 is 4.74 Å². The summed E-state index contributed by atoms with van der Waals surface area (Å²) in [7, 11) is 0. The van der Waals surface area contributed by atoms with Gasteiger partial charge in [-0.2, -0.15) is 0 Å². The monoisotopic (exact) mass is 238 g/mol. The highest BCUT2D eigenvalue weighted by atomic mass is 19.3. The number of rotatable bonds is 3. The van der Waals surface area contributed by atoms with E-state index in [4.69, 9.17) is 4.74 Å². The number of aryl methyl sites for hydroxylation is 2. The second-order valence-electron chi connectivity index (χ2n) is 3.80. The molecule has 2 aromatic heterocycles. The summed E-state index contributed by atoms with van der Waals surface area (Å²) in [6.07, 6.45) is 0.695. The lowest BCUT2D eigenvalue weighted by atomic mass is 10.1. The number of ether oxygens (including phenoxy) is 1. The van der Waals surface area contributed by atoms with Crippen LogP contribution in [0.25, 0.3) is 10.9 Å². The maximum absolute atomic E-state index is 12.0. The highest BCUT2D eigenvalue weighted by Gasteiger charge is 2.07. The molecule has 17 heavy (non-hydrogen) atoms. The summed E-state index contributed by atoms with van der Waals surface area (Å²) in [4.78, 5) is 8.37. The third kappa shape index (κ3) is 2.49. The molecule has 0 saturated carbocycles. The predicted octanol–water partition coefficient (Wildman–Crippen LogP) is 2.89. The van der Waals surface area contributed by atoms with E-state index < -0.39 is 13.0 Å². The Morgan fingerprint density at radius 1 is 1.24 bits per heavy atom. The molecule has 0 bridgehead atoms. The summed E-state index contributed by atoms with van der Waals surface area (Å²) in [5, 5.41) is 0.879. The molecule has 0 aliphatic heterocycles. The summed E-state index contributed by atoms with van der Waals surface area (Å²) in [6.45, 7) is 3.14. The molecule has 0 aromatic carbocycles. The lowest BCUT2D eigenvalue weighted by Gasteiger charge is -2.08. The van der Waals surface area contributed by atoms with Gasteiger partial charge in [-0.25, -0.2) is 8.78 Å². The van der Waals surface area contributed by atoms with Gasteiger partial charge in [-0.1, -0.05) is 0 Å². The first-order valence-corrected chi connectivity index (χ1v) is 5.21. The van der Waals surface area contributed by atoms with E-state index >= 15 is 0 Å². The Labute approximate surface area is 97.5 Å². The highest BCUT2D eigenvalue weighted by Crippen LogP contribution is 2.22. The molecule has 0 amide bonds. The van der Waals surface area contributed by atoms with Gasteiger partial charge in [0.25, 0.3) is 6.43 Å². The number of aromatic nitrogens is 2. The van der Waals surface area contributed by atoms with Crippen LogP contribution in [-0.2, 0) is 0 Å². The minimum atomic E-state index is -2.48. The quantitative estimate of drug-likeness (QED) is 0.824. The Balaban J connectivity index is 2.39. The first kappa shape index (κ1) is 11.7. The lowest BCUT2D eigenvalue weighted by molar-refractivity contribution is 0.0818. The van der Waals surface area contributed by atoms with Crippen LogP contribution in [0.3, 0.4) is 0 Å². The predicted molar refractivity (Wildman–Crippen MR) is 60.5 cm³/mol. The molecule has 0 unspecified atom stereocenters. The Hall–Kier alpha value is -1.78. The standard InChI is InChI=1S/C12H12F2N2O/c1-7-4-15-8(2)12-10(7)3-9(5-16-12)17-6-11(13)14/h3-5,11H,6H2,1-2H3. The number of halogens is 2. The van der Waals surface area contributed by atoms with Gasteiger partial charge in [0.1, 0.15) is 12.4 Å². The van der Waals surface area contributed by atoms with E-state index in [1.54, 1.807) is 12.3 Å². The molecule has 0 N–H and O–H groups in total. The van der Waals surface area contributed by atoms with E-state index in [0.29, 0.717) is 5.75 Å². The maximum atomic E-state index is 12.0. The number of hydrogen-bond acceptors (Lipinski definition) is 3. The smallest absolute Gasteiger partial charge is 0.272 e. The molecular weight excluding hydrogens is 226 g/mol. The third-order valence-corrected chi connectivity index (χ3v) is 2.46. The number of pyridine rings is 2. The van der Waals surface area contributed by atoms with Crippen molar-refractivity contribution < 1.29 is 13.5 Å². The molecule has 0 saturated heterocycles. The van der Waals surface area contributed by atoms with Crippen LogP contribution in [0.2, 0.25) is 0 Å². The van der Waals surface area contributed by atoms with E-state index in [0.717, 1.165) is 22.2 Å². The van der Waals surface area contributed by atoms with Gasteiger partial charge in [-0.15, -0.1) is 0 Å². The largest absolute Gasteiger partial charge is 0.486 e. The highest BCUT2D eigenvalue weighted by molar-refractivity contribution is 5.84. The van der Waals surface area contributed by atoms with E-state index in [-0.39, 0.29) is 0 Å². The van der Waals surface area contributed by atoms with Crippen LogP contribution in [0, 0.1) is 13.8 Å². The van der Waals surface area contributed by atoms with Crippen molar-refractivity contribution in [2.75, 3.05) is 6.61 Å². The number of fused-ring (bicyclic) bond motifs is 1. The summed E-state index contributed by atoms with van der Waals surface area (Å²) in [6, 6.07) is 1.72. The van der Waals surface area contributed by atoms with Crippen molar-refractivity contribution in [1.82, 2.24) is 9.97 Å². The van der Waals surface area contributed by atoms with Crippen LogP contribution >= 0.6 is 0 Å². The van der Waals surface area contributed by atoms with Gasteiger partial charge >= 0.3 is 0 Å². The van der Waals surface area contributed by atoms with Crippen molar-refractivity contribution in [3.8, 4) is 5.75 Å². The molecule has 0 radical (unpaired) electrons. The topological polar surface area (TPSA) is 35.0 Å². The number of alkyl halides is 2. The zero-order valence-corrected chi connectivity index (χ0v) is 9.58. The van der Waals surface area contributed by atoms with Crippen molar-refractivity contribution in [3.05, 3.63) is 29.7 Å². The average molecular weight is 238 g/mol. The van der Waals surface area contributed by atoms with Crippen molar-refractivity contribution in [2.45, 2.75) is 20.3 Å². The van der Waals surface area contributed by atoms with Gasteiger partial charge in [0.05, 0.1) is 17.4 Å². The fourth-order valence-electron chi connectivity index (χ4n) is 1.60. The first-order valence-electron chi connectivity index (χ1n) is 5.21. The van der Waals surface area contributed by atoms with Crippen LogP contribution in [0.4, 0.5) is 8.78 Å². The van der Waals surface area contributed by atoms with E-state index in [2.05, 4.69) is 9.97 Å². The van der Waals surface area contributed by atoms with Crippen molar-refractivity contribution in [3.63, 3.8) is 0 Å². The van der Waals surface area contributed by atoms with Crippen LogP contribution in [0.1, 0.15) is 11.3 Å². The summed E-state index contributed by atoms with van der Waals surface area (Å²) >= 11 is 0. The second kappa shape index (κ2) is 4.61. The Morgan fingerprint density at radius 2 is 2.00 bits per heavy atom. The van der Waals surface area contributed by atoms with Crippen molar-refractivity contribution >= 4 is 10.9 Å². The number of nitrogens with zero attached hydrogens (tertiary/aromatic N) is 2. The molecule has 0 atom stereocenters. The van der Waals surface area contributed by atoms with Gasteiger partial charge in [0, 0.05) is 11.6 Å². The average Bonchev–Trinajstić information content (AvgIpc) is 2.31. The van der Waals surface area contributed by atoms with Gasteiger partial charge in [-0.05, 0) is 25.5 Å². The minimum Gasteiger partial charge on any atom is -0.486 e. The fraction of sp³-hybridized carbons (Fsp3) is 0.333.